The molecule has 0 spiro atoms. The lowest BCUT2D eigenvalue weighted by Crippen LogP contribution is -2.45. The van der Waals surface area contributed by atoms with Crippen LogP contribution in [0.1, 0.15) is 38.3 Å². The number of hydrogen-bond donors (Lipinski definition) is 2. The summed E-state index contributed by atoms with van der Waals surface area (Å²) in [4.78, 5) is 24.1. The smallest absolute Gasteiger partial charge is 0.338 e. The minimum atomic E-state index is -0.614. The van der Waals surface area contributed by atoms with Gasteiger partial charge in [0, 0.05) is 10.7 Å². The molecule has 1 aromatic carbocycles. The predicted octanol–water partition coefficient (Wildman–Crippen LogP) is 3.31. The number of esters is 1. The number of carbonyl (C=O) groups excluding carboxylic acids is 2. The predicted molar refractivity (Wildman–Crippen MR) is 84.4 cm³/mol. The number of ether oxygens (including phenoxy) is 1. The molecule has 0 aliphatic carbocycles. The zero-order valence-electron chi connectivity index (χ0n) is 12.6. The third-order valence-electron chi connectivity index (χ3n) is 3.44. The molecule has 0 saturated carbocycles. The van der Waals surface area contributed by atoms with Crippen molar-refractivity contribution < 1.29 is 14.3 Å². The normalized spacial score (nSPS) is 17.8. The summed E-state index contributed by atoms with van der Waals surface area (Å²) in [6.07, 6.45) is 1.74. The average molecular weight is 323 g/mol. The Bertz CT molecular complexity index is 613. The highest BCUT2D eigenvalue weighted by Gasteiger charge is 2.33. The largest absolute Gasteiger partial charge is 0.462 e. The van der Waals surface area contributed by atoms with E-state index in [0.29, 0.717) is 28.5 Å². The van der Waals surface area contributed by atoms with Crippen LogP contribution in [0.5, 0.6) is 0 Å². The van der Waals surface area contributed by atoms with Crippen LogP contribution >= 0.6 is 11.6 Å². The van der Waals surface area contributed by atoms with Gasteiger partial charge in [0.2, 0.25) is 0 Å². The van der Waals surface area contributed by atoms with Gasteiger partial charge in [-0.2, -0.15) is 0 Å². The van der Waals surface area contributed by atoms with Gasteiger partial charge in [-0.1, -0.05) is 43.1 Å². The summed E-state index contributed by atoms with van der Waals surface area (Å²) in [5, 5.41) is 5.82. The Morgan fingerprint density at radius 1 is 1.36 bits per heavy atom. The fourth-order valence-electron chi connectivity index (χ4n) is 2.29. The average Bonchev–Trinajstić information content (AvgIpc) is 2.47. The molecule has 0 fully saturated rings. The van der Waals surface area contributed by atoms with Gasteiger partial charge >= 0.3 is 12.0 Å². The molecule has 5 nitrogen and oxygen atoms in total. The van der Waals surface area contributed by atoms with Crippen molar-refractivity contribution in [1.29, 1.82) is 0 Å². The highest BCUT2D eigenvalue weighted by atomic mass is 35.5. The van der Waals surface area contributed by atoms with Crippen LogP contribution < -0.4 is 10.6 Å². The van der Waals surface area contributed by atoms with Gasteiger partial charge in [0.15, 0.2) is 0 Å². The first-order valence-corrected chi connectivity index (χ1v) is 7.62. The van der Waals surface area contributed by atoms with Gasteiger partial charge in [0.25, 0.3) is 0 Å². The highest BCUT2D eigenvalue weighted by molar-refractivity contribution is 6.31. The first-order valence-electron chi connectivity index (χ1n) is 7.24. The lowest BCUT2D eigenvalue weighted by atomic mass is 9.95. The first-order chi connectivity index (χ1) is 10.5. The van der Waals surface area contributed by atoms with E-state index in [9.17, 15) is 9.59 Å². The molecule has 0 aromatic heterocycles. The summed E-state index contributed by atoms with van der Waals surface area (Å²) >= 11 is 6.20. The summed E-state index contributed by atoms with van der Waals surface area (Å²) in [5.41, 5.74) is 1.53. The van der Waals surface area contributed by atoms with Crippen LogP contribution in [0, 0.1) is 0 Å². The van der Waals surface area contributed by atoms with Gasteiger partial charge in [-0.15, -0.1) is 0 Å². The molecule has 1 aliphatic heterocycles. The number of carbonyl (C=O) groups is 2. The zero-order chi connectivity index (χ0) is 16.1. The lowest BCUT2D eigenvalue weighted by molar-refractivity contribution is -0.139. The molecule has 0 bridgehead atoms. The summed E-state index contributed by atoms with van der Waals surface area (Å²) in [7, 11) is 0. The highest BCUT2D eigenvalue weighted by Crippen LogP contribution is 2.31. The number of allylic oxidation sites excluding steroid dienone is 1. The standard InChI is InChI=1S/C16H19ClN2O3/c1-3-4-9-22-15(20)13-10(2)18-16(21)19-14(13)11-7-5-6-8-12(11)17/h5-8,14H,3-4,9H2,1-2H3,(H2,18,19,21). The Labute approximate surface area is 134 Å². The van der Waals surface area contributed by atoms with Crippen molar-refractivity contribution in [1.82, 2.24) is 10.6 Å². The van der Waals surface area contributed by atoms with Crippen LogP contribution in [0.4, 0.5) is 4.79 Å². The van der Waals surface area contributed by atoms with Gasteiger partial charge in [-0.25, -0.2) is 9.59 Å². The molecule has 22 heavy (non-hydrogen) atoms. The second-order valence-corrected chi connectivity index (χ2v) is 5.49. The summed E-state index contributed by atoms with van der Waals surface area (Å²) in [6.45, 7) is 4.06. The van der Waals surface area contributed by atoms with E-state index < -0.39 is 12.0 Å². The molecule has 2 amide bonds. The Kier molecular flexibility index (Phi) is 5.44. The minimum Gasteiger partial charge on any atom is -0.462 e. The quantitative estimate of drug-likeness (QED) is 0.645. The van der Waals surface area contributed by atoms with Crippen molar-refractivity contribution >= 4 is 23.6 Å². The fraction of sp³-hybridized carbons (Fsp3) is 0.375. The summed E-state index contributed by atoms with van der Waals surface area (Å²) in [6, 6.07) is 6.13. The van der Waals surface area contributed by atoms with E-state index in [1.165, 1.54) is 0 Å². The minimum absolute atomic E-state index is 0.356. The topological polar surface area (TPSA) is 67.4 Å². The van der Waals surface area contributed by atoms with Gasteiger partial charge in [-0.05, 0) is 25.0 Å². The van der Waals surface area contributed by atoms with E-state index >= 15 is 0 Å². The number of halogens is 1. The Balaban J connectivity index is 2.33. The molecule has 1 aromatic rings. The number of hydrogen-bond acceptors (Lipinski definition) is 3. The van der Waals surface area contributed by atoms with Crippen molar-refractivity contribution in [3.05, 3.63) is 46.1 Å². The van der Waals surface area contributed by atoms with Crippen molar-refractivity contribution in [3.8, 4) is 0 Å². The van der Waals surface area contributed by atoms with Crippen molar-refractivity contribution in [2.75, 3.05) is 6.61 Å². The lowest BCUT2D eigenvalue weighted by Gasteiger charge is -2.28. The van der Waals surface area contributed by atoms with Crippen LogP contribution in [0.15, 0.2) is 35.5 Å². The number of benzene rings is 1. The molecule has 118 valence electrons. The van der Waals surface area contributed by atoms with E-state index in [1.54, 1.807) is 25.1 Å². The summed E-state index contributed by atoms with van der Waals surface area (Å²) < 4.78 is 5.29. The van der Waals surface area contributed by atoms with Crippen molar-refractivity contribution in [3.63, 3.8) is 0 Å². The Hall–Kier alpha value is -2.01. The molecule has 1 aliphatic rings. The number of unbranched alkanes of at least 4 members (excludes halogenated alkanes) is 1. The monoisotopic (exact) mass is 322 g/mol. The van der Waals surface area contributed by atoms with Crippen LogP contribution in [0.25, 0.3) is 0 Å². The third-order valence-corrected chi connectivity index (χ3v) is 3.78. The second-order valence-electron chi connectivity index (χ2n) is 5.08. The van der Waals surface area contributed by atoms with E-state index in [-0.39, 0.29) is 6.03 Å². The SMILES string of the molecule is CCCCOC(=O)C1=C(C)NC(=O)NC1c1ccccc1Cl. The molecular formula is C16H19ClN2O3. The molecule has 0 saturated heterocycles. The van der Waals surface area contributed by atoms with E-state index in [4.69, 9.17) is 16.3 Å². The fourth-order valence-corrected chi connectivity index (χ4v) is 2.54. The zero-order valence-corrected chi connectivity index (χ0v) is 13.4. The molecular weight excluding hydrogens is 304 g/mol. The third kappa shape index (κ3) is 3.60. The van der Waals surface area contributed by atoms with E-state index in [0.717, 1.165) is 12.8 Å². The van der Waals surface area contributed by atoms with Gasteiger partial charge < -0.3 is 15.4 Å². The van der Waals surface area contributed by atoms with Crippen LogP contribution in [-0.4, -0.2) is 18.6 Å². The summed E-state index contributed by atoms with van der Waals surface area (Å²) in [5.74, 6) is -0.441. The Morgan fingerprint density at radius 3 is 2.77 bits per heavy atom. The van der Waals surface area contributed by atoms with Crippen molar-refractivity contribution in [2.45, 2.75) is 32.7 Å². The second kappa shape index (κ2) is 7.31. The maximum atomic E-state index is 12.4. The molecule has 1 unspecified atom stereocenters. The van der Waals surface area contributed by atoms with E-state index in [1.807, 2.05) is 13.0 Å². The number of amides is 2. The molecule has 1 heterocycles. The molecule has 0 radical (unpaired) electrons. The molecule has 1 atom stereocenters. The van der Waals surface area contributed by atoms with Crippen molar-refractivity contribution in [2.24, 2.45) is 0 Å². The first kappa shape index (κ1) is 16.4. The maximum absolute atomic E-state index is 12.4. The van der Waals surface area contributed by atoms with Crippen LogP contribution in [0.2, 0.25) is 5.02 Å². The van der Waals surface area contributed by atoms with Crippen LogP contribution in [0.3, 0.4) is 0 Å². The maximum Gasteiger partial charge on any atom is 0.338 e. The van der Waals surface area contributed by atoms with Crippen LogP contribution in [-0.2, 0) is 9.53 Å². The number of urea groups is 1. The molecule has 6 heteroatoms. The molecule has 2 rings (SSSR count). The van der Waals surface area contributed by atoms with Gasteiger partial charge in [0.05, 0.1) is 18.2 Å². The van der Waals surface area contributed by atoms with E-state index in [2.05, 4.69) is 10.6 Å². The van der Waals surface area contributed by atoms with Gasteiger partial charge in [0.1, 0.15) is 0 Å². The molecule has 2 N–H and O–H groups in total. The number of nitrogens with one attached hydrogen (secondary N) is 2. The van der Waals surface area contributed by atoms with Gasteiger partial charge in [-0.3, -0.25) is 0 Å². The number of rotatable bonds is 5. The Morgan fingerprint density at radius 2 is 2.09 bits per heavy atom.